The molecule has 5 heteroatoms. The molecule has 1 atom stereocenters. The van der Waals surface area contributed by atoms with Gasteiger partial charge in [-0.2, -0.15) is 0 Å². The molecule has 0 fully saturated rings. The third-order valence-electron chi connectivity index (χ3n) is 3.18. The van der Waals surface area contributed by atoms with Crippen LogP contribution in [0.25, 0.3) is 0 Å². The fourth-order valence-corrected chi connectivity index (χ4v) is 1.97. The van der Waals surface area contributed by atoms with E-state index in [1.807, 2.05) is 16.7 Å². The molecular weight excluding hydrogens is 256 g/mol. The van der Waals surface area contributed by atoms with E-state index in [4.69, 9.17) is 9.47 Å². The lowest BCUT2D eigenvalue weighted by Gasteiger charge is -2.13. The molecule has 1 aromatic heterocycles. The third-order valence-corrected chi connectivity index (χ3v) is 3.18. The van der Waals surface area contributed by atoms with Crippen molar-refractivity contribution in [2.45, 2.75) is 33.1 Å². The Morgan fingerprint density at radius 2 is 2.15 bits per heavy atom. The summed E-state index contributed by atoms with van der Waals surface area (Å²) in [5.41, 5.74) is 1.81. The van der Waals surface area contributed by atoms with E-state index in [2.05, 4.69) is 11.9 Å². The van der Waals surface area contributed by atoms with Gasteiger partial charge in [-0.3, -0.25) is 0 Å². The first kappa shape index (κ1) is 14.4. The van der Waals surface area contributed by atoms with Gasteiger partial charge in [-0.25, -0.2) is 4.98 Å². The largest absolute Gasteiger partial charge is 0.493 e. The lowest BCUT2D eigenvalue weighted by atomic mass is 10.1. The minimum absolute atomic E-state index is 0.429. The summed E-state index contributed by atoms with van der Waals surface area (Å²) in [5, 5.41) is 9.58. The molecule has 0 bridgehead atoms. The highest BCUT2D eigenvalue weighted by Gasteiger charge is 2.10. The van der Waals surface area contributed by atoms with E-state index < -0.39 is 6.10 Å². The first-order valence-electron chi connectivity index (χ1n) is 6.63. The molecule has 0 aliphatic rings. The lowest BCUT2D eigenvalue weighted by Crippen LogP contribution is -2.04. The Bertz CT molecular complexity index is 564. The van der Waals surface area contributed by atoms with Crippen LogP contribution < -0.4 is 9.47 Å². The van der Waals surface area contributed by atoms with Crippen LogP contribution in [0.15, 0.2) is 30.7 Å². The molecule has 1 heterocycles. The van der Waals surface area contributed by atoms with Crippen LogP contribution >= 0.6 is 0 Å². The van der Waals surface area contributed by atoms with Crippen LogP contribution in [0.5, 0.6) is 11.5 Å². The number of ether oxygens (including phenoxy) is 2. The summed E-state index contributed by atoms with van der Waals surface area (Å²) in [4.78, 5) is 4.10. The van der Waals surface area contributed by atoms with Gasteiger partial charge in [0.1, 0.15) is 6.61 Å². The SMILES string of the molecule is CCn1cncc1COc1ccc(C(C)O)cc1OC. The lowest BCUT2D eigenvalue weighted by molar-refractivity contribution is 0.198. The number of methoxy groups -OCH3 is 1. The second kappa shape index (κ2) is 6.43. The van der Waals surface area contributed by atoms with Crippen LogP contribution in [0.4, 0.5) is 0 Å². The molecule has 0 aliphatic heterocycles. The van der Waals surface area contributed by atoms with Crippen molar-refractivity contribution in [2.24, 2.45) is 0 Å². The fourth-order valence-electron chi connectivity index (χ4n) is 1.97. The van der Waals surface area contributed by atoms with E-state index in [0.717, 1.165) is 17.8 Å². The first-order valence-corrected chi connectivity index (χ1v) is 6.63. The number of imidazole rings is 1. The van der Waals surface area contributed by atoms with Gasteiger partial charge in [-0.15, -0.1) is 0 Å². The van der Waals surface area contributed by atoms with Crippen LogP contribution in [0.2, 0.25) is 0 Å². The predicted molar refractivity (Wildman–Crippen MR) is 75.9 cm³/mol. The minimum atomic E-state index is -0.528. The number of aryl methyl sites for hydroxylation is 1. The molecule has 5 nitrogen and oxygen atoms in total. The van der Waals surface area contributed by atoms with Gasteiger partial charge in [0.2, 0.25) is 0 Å². The van der Waals surface area contributed by atoms with Gasteiger partial charge in [0.15, 0.2) is 11.5 Å². The molecule has 1 N–H and O–H groups in total. The van der Waals surface area contributed by atoms with Crippen molar-refractivity contribution in [3.8, 4) is 11.5 Å². The number of aromatic nitrogens is 2. The highest BCUT2D eigenvalue weighted by atomic mass is 16.5. The van der Waals surface area contributed by atoms with Crippen LogP contribution in [-0.2, 0) is 13.2 Å². The maximum atomic E-state index is 9.58. The van der Waals surface area contributed by atoms with Gasteiger partial charge in [0.05, 0.1) is 31.4 Å². The van der Waals surface area contributed by atoms with Crippen LogP contribution in [-0.4, -0.2) is 21.8 Å². The summed E-state index contributed by atoms with van der Waals surface area (Å²) < 4.78 is 13.1. The molecule has 0 spiro atoms. The molecule has 2 aromatic rings. The monoisotopic (exact) mass is 276 g/mol. The van der Waals surface area contributed by atoms with Gasteiger partial charge < -0.3 is 19.1 Å². The number of hydrogen-bond donors (Lipinski definition) is 1. The average molecular weight is 276 g/mol. The van der Waals surface area contributed by atoms with Crippen molar-refractivity contribution in [3.05, 3.63) is 42.0 Å². The van der Waals surface area contributed by atoms with Gasteiger partial charge in [0, 0.05) is 6.54 Å². The Hall–Kier alpha value is -2.01. The Labute approximate surface area is 118 Å². The highest BCUT2D eigenvalue weighted by Crippen LogP contribution is 2.30. The van der Waals surface area contributed by atoms with Crippen molar-refractivity contribution in [1.82, 2.24) is 9.55 Å². The Kier molecular flexibility index (Phi) is 4.63. The van der Waals surface area contributed by atoms with Crippen molar-refractivity contribution >= 4 is 0 Å². The fraction of sp³-hybridized carbons (Fsp3) is 0.400. The number of rotatable bonds is 6. The Morgan fingerprint density at radius 3 is 2.80 bits per heavy atom. The van der Waals surface area contributed by atoms with Gasteiger partial charge in [-0.1, -0.05) is 6.07 Å². The second-order valence-electron chi connectivity index (χ2n) is 4.55. The van der Waals surface area contributed by atoms with Crippen molar-refractivity contribution in [3.63, 3.8) is 0 Å². The van der Waals surface area contributed by atoms with Crippen LogP contribution in [0.3, 0.4) is 0 Å². The van der Waals surface area contributed by atoms with E-state index in [9.17, 15) is 5.11 Å². The smallest absolute Gasteiger partial charge is 0.161 e. The van der Waals surface area contributed by atoms with Crippen LogP contribution in [0.1, 0.15) is 31.2 Å². The molecule has 0 saturated carbocycles. The molecule has 20 heavy (non-hydrogen) atoms. The maximum absolute atomic E-state index is 9.58. The number of nitrogens with zero attached hydrogens (tertiary/aromatic N) is 2. The quantitative estimate of drug-likeness (QED) is 0.881. The molecule has 0 aliphatic carbocycles. The third kappa shape index (κ3) is 3.11. The average Bonchev–Trinajstić information content (AvgIpc) is 2.92. The number of hydrogen-bond acceptors (Lipinski definition) is 4. The summed E-state index contributed by atoms with van der Waals surface area (Å²) in [5.74, 6) is 1.27. The molecule has 108 valence electrons. The van der Waals surface area contributed by atoms with Crippen molar-refractivity contribution in [1.29, 1.82) is 0 Å². The molecule has 1 aromatic carbocycles. The number of aliphatic hydroxyl groups excluding tert-OH is 1. The van der Waals surface area contributed by atoms with E-state index >= 15 is 0 Å². The molecule has 0 radical (unpaired) electrons. The van der Waals surface area contributed by atoms with Crippen molar-refractivity contribution < 1.29 is 14.6 Å². The normalized spacial score (nSPS) is 12.2. The predicted octanol–water partition coefficient (Wildman–Crippen LogP) is 2.54. The summed E-state index contributed by atoms with van der Waals surface area (Å²) >= 11 is 0. The van der Waals surface area contributed by atoms with E-state index in [1.165, 1.54) is 0 Å². The summed E-state index contributed by atoms with van der Waals surface area (Å²) in [7, 11) is 1.59. The van der Waals surface area contributed by atoms with Crippen molar-refractivity contribution in [2.75, 3.05) is 7.11 Å². The summed E-state index contributed by atoms with van der Waals surface area (Å²) in [6.45, 7) is 5.06. The van der Waals surface area contributed by atoms with Gasteiger partial charge in [-0.05, 0) is 31.5 Å². The minimum Gasteiger partial charge on any atom is -0.493 e. The molecule has 0 saturated heterocycles. The number of aliphatic hydroxyl groups is 1. The molecule has 0 amide bonds. The first-order chi connectivity index (χ1) is 9.65. The van der Waals surface area contributed by atoms with Gasteiger partial charge in [0.25, 0.3) is 0 Å². The Balaban J connectivity index is 2.13. The van der Waals surface area contributed by atoms with E-state index in [-0.39, 0.29) is 0 Å². The standard InChI is InChI=1S/C15H20N2O3/c1-4-17-10-16-8-13(17)9-20-14-6-5-12(11(2)18)7-15(14)19-3/h5-8,10-11,18H,4,9H2,1-3H3. The van der Waals surface area contributed by atoms with Gasteiger partial charge >= 0.3 is 0 Å². The van der Waals surface area contributed by atoms with E-state index in [1.54, 1.807) is 32.6 Å². The van der Waals surface area contributed by atoms with Crippen LogP contribution in [0, 0.1) is 0 Å². The number of benzene rings is 1. The topological polar surface area (TPSA) is 56.5 Å². The Morgan fingerprint density at radius 1 is 1.35 bits per heavy atom. The maximum Gasteiger partial charge on any atom is 0.161 e. The zero-order valence-corrected chi connectivity index (χ0v) is 12.0. The second-order valence-corrected chi connectivity index (χ2v) is 4.55. The highest BCUT2D eigenvalue weighted by molar-refractivity contribution is 5.43. The summed E-state index contributed by atoms with van der Waals surface area (Å²) in [6.07, 6.45) is 3.05. The molecule has 1 unspecified atom stereocenters. The zero-order chi connectivity index (χ0) is 14.5. The zero-order valence-electron chi connectivity index (χ0n) is 12.0. The summed E-state index contributed by atoms with van der Waals surface area (Å²) in [6, 6.07) is 5.43. The molecular formula is C15H20N2O3. The van der Waals surface area contributed by atoms with E-state index in [0.29, 0.717) is 18.1 Å². The molecule has 2 rings (SSSR count).